The van der Waals surface area contributed by atoms with Gasteiger partial charge in [0, 0.05) is 18.8 Å². The van der Waals surface area contributed by atoms with Crippen LogP contribution in [0.1, 0.15) is 57.6 Å². The summed E-state index contributed by atoms with van der Waals surface area (Å²) in [5, 5.41) is 0. The van der Waals surface area contributed by atoms with Gasteiger partial charge in [-0.2, -0.15) is 0 Å². The first-order valence-corrected chi connectivity index (χ1v) is 7.81. The van der Waals surface area contributed by atoms with Crippen molar-refractivity contribution in [3.63, 3.8) is 0 Å². The van der Waals surface area contributed by atoms with Crippen molar-refractivity contribution in [2.75, 3.05) is 13.2 Å². The van der Waals surface area contributed by atoms with E-state index in [0.29, 0.717) is 5.41 Å². The Hall–Kier alpha value is -0.860. The fourth-order valence-corrected chi connectivity index (χ4v) is 3.95. The molecule has 1 heterocycles. The summed E-state index contributed by atoms with van der Waals surface area (Å²) in [7, 11) is 0. The molecule has 2 aliphatic rings. The van der Waals surface area contributed by atoms with Crippen molar-refractivity contribution in [1.29, 1.82) is 0 Å². The van der Waals surface area contributed by atoms with Crippen LogP contribution in [0.2, 0.25) is 0 Å². The molecule has 0 bridgehead atoms. The van der Waals surface area contributed by atoms with Gasteiger partial charge in [-0.05, 0) is 47.6 Å². The second-order valence-electron chi connectivity index (χ2n) is 7.95. The molecular weight excluding hydrogens is 246 g/mol. The van der Waals surface area contributed by atoms with Crippen molar-refractivity contribution < 1.29 is 4.74 Å². The van der Waals surface area contributed by atoms with Crippen LogP contribution in [0.5, 0.6) is 0 Å². The number of hydrogen-bond acceptors (Lipinski definition) is 2. The lowest BCUT2D eigenvalue weighted by Crippen LogP contribution is -2.57. The molecule has 1 spiro atoms. The molecule has 0 amide bonds. The number of hydrogen-bond donors (Lipinski definition) is 1. The third-order valence-corrected chi connectivity index (χ3v) is 5.26. The average molecular weight is 273 g/mol. The largest absolute Gasteiger partial charge is 0.381 e. The molecule has 0 unspecified atom stereocenters. The van der Waals surface area contributed by atoms with Gasteiger partial charge >= 0.3 is 0 Å². The maximum absolute atomic E-state index is 6.65. The average Bonchev–Trinajstić information content (AvgIpc) is 2.37. The first kappa shape index (κ1) is 14.1. The van der Waals surface area contributed by atoms with Gasteiger partial charge < -0.3 is 10.5 Å². The zero-order chi connectivity index (χ0) is 14.4. The summed E-state index contributed by atoms with van der Waals surface area (Å²) in [4.78, 5) is 0. The van der Waals surface area contributed by atoms with Gasteiger partial charge in [-0.25, -0.2) is 0 Å². The molecule has 20 heavy (non-hydrogen) atoms. The van der Waals surface area contributed by atoms with Gasteiger partial charge in [0.1, 0.15) is 0 Å². The fraction of sp³-hybridized carbons (Fsp3) is 0.667. The quantitative estimate of drug-likeness (QED) is 0.846. The molecule has 1 saturated heterocycles. The maximum atomic E-state index is 6.65. The molecule has 1 aliphatic heterocycles. The molecule has 1 aromatic rings. The lowest BCUT2D eigenvalue weighted by Gasteiger charge is -2.56. The van der Waals surface area contributed by atoms with Gasteiger partial charge in [0.05, 0.1) is 0 Å². The Morgan fingerprint density at radius 2 is 1.55 bits per heavy atom. The van der Waals surface area contributed by atoms with E-state index in [2.05, 4.69) is 45.0 Å². The van der Waals surface area contributed by atoms with Gasteiger partial charge in [-0.1, -0.05) is 45.0 Å². The van der Waals surface area contributed by atoms with Crippen molar-refractivity contribution >= 4 is 0 Å². The van der Waals surface area contributed by atoms with E-state index in [1.165, 1.54) is 24.0 Å². The van der Waals surface area contributed by atoms with Crippen LogP contribution < -0.4 is 5.73 Å². The summed E-state index contributed by atoms with van der Waals surface area (Å²) >= 11 is 0. The van der Waals surface area contributed by atoms with E-state index in [1.54, 1.807) is 0 Å². The van der Waals surface area contributed by atoms with Crippen LogP contribution in [-0.4, -0.2) is 13.2 Å². The zero-order valence-electron chi connectivity index (χ0n) is 13.0. The SMILES string of the molecule is CC(C)(C)c1ccc(C2(N)CC3(CCOCC3)C2)cc1. The maximum Gasteiger partial charge on any atom is 0.0471 e. The van der Waals surface area contributed by atoms with Gasteiger partial charge in [0.2, 0.25) is 0 Å². The highest BCUT2D eigenvalue weighted by atomic mass is 16.5. The van der Waals surface area contributed by atoms with Crippen LogP contribution in [0.15, 0.2) is 24.3 Å². The summed E-state index contributed by atoms with van der Waals surface area (Å²) in [5.41, 5.74) is 9.91. The van der Waals surface area contributed by atoms with E-state index < -0.39 is 0 Å². The predicted octanol–water partition coefficient (Wildman–Crippen LogP) is 3.73. The molecular formula is C18H27NO. The highest BCUT2D eigenvalue weighted by Gasteiger charge is 2.53. The minimum Gasteiger partial charge on any atom is -0.381 e. The van der Waals surface area contributed by atoms with Crippen molar-refractivity contribution in [3.05, 3.63) is 35.4 Å². The van der Waals surface area contributed by atoms with Crippen molar-refractivity contribution in [1.82, 2.24) is 0 Å². The third-order valence-electron chi connectivity index (χ3n) is 5.26. The molecule has 2 N–H and O–H groups in total. The summed E-state index contributed by atoms with van der Waals surface area (Å²) < 4.78 is 5.49. The number of rotatable bonds is 1. The molecule has 2 fully saturated rings. The molecule has 1 saturated carbocycles. The lowest BCUT2D eigenvalue weighted by atomic mass is 9.52. The summed E-state index contributed by atoms with van der Waals surface area (Å²) in [6.07, 6.45) is 4.62. The van der Waals surface area contributed by atoms with E-state index in [-0.39, 0.29) is 11.0 Å². The Bertz CT molecular complexity index is 469. The molecule has 110 valence electrons. The minimum absolute atomic E-state index is 0.103. The van der Waals surface area contributed by atoms with Crippen molar-refractivity contribution in [3.8, 4) is 0 Å². The van der Waals surface area contributed by atoms with Crippen LogP contribution in [0.25, 0.3) is 0 Å². The second-order valence-corrected chi connectivity index (χ2v) is 7.95. The monoisotopic (exact) mass is 273 g/mol. The van der Waals surface area contributed by atoms with Crippen LogP contribution in [0.4, 0.5) is 0 Å². The van der Waals surface area contributed by atoms with Gasteiger partial charge in [0.15, 0.2) is 0 Å². The minimum atomic E-state index is -0.103. The highest BCUT2D eigenvalue weighted by Crippen LogP contribution is 2.57. The lowest BCUT2D eigenvalue weighted by molar-refractivity contribution is -0.0725. The van der Waals surface area contributed by atoms with E-state index in [9.17, 15) is 0 Å². The topological polar surface area (TPSA) is 35.2 Å². The Labute approximate surface area is 122 Å². The van der Waals surface area contributed by atoms with E-state index in [1.807, 2.05) is 0 Å². The summed E-state index contributed by atoms with van der Waals surface area (Å²) in [6, 6.07) is 8.98. The smallest absolute Gasteiger partial charge is 0.0471 e. The van der Waals surface area contributed by atoms with Crippen LogP contribution >= 0.6 is 0 Å². The van der Waals surface area contributed by atoms with Crippen molar-refractivity contribution in [2.45, 2.75) is 57.4 Å². The Balaban J connectivity index is 1.74. The molecule has 3 rings (SSSR count). The van der Waals surface area contributed by atoms with Crippen molar-refractivity contribution in [2.24, 2.45) is 11.1 Å². The summed E-state index contributed by atoms with van der Waals surface area (Å²) in [6.45, 7) is 8.58. The second kappa shape index (κ2) is 4.57. The zero-order valence-corrected chi connectivity index (χ0v) is 13.0. The number of ether oxygens (including phenoxy) is 1. The molecule has 2 heteroatoms. The van der Waals surface area contributed by atoms with E-state index >= 15 is 0 Å². The molecule has 1 aromatic carbocycles. The molecule has 0 atom stereocenters. The molecule has 0 aromatic heterocycles. The Morgan fingerprint density at radius 3 is 2.05 bits per heavy atom. The first-order chi connectivity index (χ1) is 9.33. The van der Waals surface area contributed by atoms with Crippen LogP contribution in [0.3, 0.4) is 0 Å². The highest BCUT2D eigenvalue weighted by molar-refractivity contribution is 5.34. The predicted molar refractivity (Wildman–Crippen MR) is 82.7 cm³/mol. The Morgan fingerprint density at radius 1 is 1.00 bits per heavy atom. The Kier molecular flexibility index (Phi) is 3.22. The van der Waals surface area contributed by atoms with Gasteiger partial charge in [-0.15, -0.1) is 0 Å². The van der Waals surface area contributed by atoms with Gasteiger partial charge in [-0.3, -0.25) is 0 Å². The number of nitrogens with two attached hydrogens (primary N) is 1. The normalized spacial score (nSPS) is 24.4. The summed E-state index contributed by atoms with van der Waals surface area (Å²) in [5.74, 6) is 0. The molecule has 1 aliphatic carbocycles. The molecule has 2 nitrogen and oxygen atoms in total. The molecule has 0 radical (unpaired) electrons. The van der Waals surface area contributed by atoms with Crippen LogP contribution in [-0.2, 0) is 15.7 Å². The standard InChI is InChI=1S/C18H27NO/c1-16(2,3)14-4-6-15(7-5-14)18(19)12-17(13-18)8-10-20-11-9-17/h4-7H,8-13,19H2,1-3H3. The van der Waals surface area contributed by atoms with Crippen LogP contribution in [0, 0.1) is 5.41 Å². The van der Waals surface area contributed by atoms with E-state index in [4.69, 9.17) is 10.5 Å². The number of benzene rings is 1. The van der Waals surface area contributed by atoms with Gasteiger partial charge in [0.25, 0.3) is 0 Å². The fourth-order valence-electron chi connectivity index (χ4n) is 3.95. The first-order valence-electron chi connectivity index (χ1n) is 7.81. The third kappa shape index (κ3) is 2.40. The van der Waals surface area contributed by atoms with E-state index in [0.717, 1.165) is 26.1 Å².